The van der Waals surface area contributed by atoms with Gasteiger partial charge in [-0.2, -0.15) is 0 Å². The van der Waals surface area contributed by atoms with Crippen LogP contribution >= 0.6 is 0 Å². The van der Waals surface area contributed by atoms with Crippen LogP contribution in [-0.2, 0) is 9.53 Å². The lowest BCUT2D eigenvalue weighted by Gasteiger charge is -2.18. The summed E-state index contributed by atoms with van der Waals surface area (Å²) in [5, 5.41) is 20.8. The number of hydrogen-bond acceptors (Lipinski definition) is 5. The Kier molecular flexibility index (Phi) is 8.27. The number of nitrogens with one attached hydrogen (secondary N) is 1. The zero-order chi connectivity index (χ0) is 19.7. The van der Waals surface area contributed by atoms with Gasteiger partial charge in [0.15, 0.2) is 6.10 Å². The summed E-state index contributed by atoms with van der Waals surface area (Å²) in [5.74, 6) is -4.19. The minimum absolute atomic E-state index is 0.262. The van der Waals surface area contributed by atoms with E-state index in [-0.39, 0.29) is 11.1 Å². The molecule has 0 aliphatic rings. The predicted molar refractivity (Wildman–Crippen MR) is 92.4 cm³/mol. The van der Waals surface area contributed by atoms with E-state index in [1.54, 1.807) is 0 Å². The van der Waals surface area contributed by atoms with Crippen LogP contribution in [0.15, 0.2) is 18.2 Å². The lowest BCUT2D eigenvalue weighted by Crippen LogP contribution is -2.38. The Morgan fingerprint density at radius 1 is 1.04 bits per heavy atom. The second kappa shape index (κ2) is 10.2. The molecular formula is C18H23NO7. The molecule has 1 aromatic carbocycles. The molecule has 0 saturated carbocycles. The van der Waals surface area contributed by atoms with E-state index in [1.807, 2.05) is 13.8 Å². The van der Waals surface area contributed by atoms with Crippen LogP contribution in [0, 0.1) is 0 Å². The Hall–Kier alpha value is -2.90. The van der Waals surface area contributed by atoms with Gasteiger partial charge in [-0.1, -0.05) is 20.3 Å². The van der Waals surface area contributed by atoms with Crippen molar-refractivity contribution in [2.24, 2.45) is 0 Å². The zero-order valence-corrected chi connectivity index (χ0v) is 14.8. The van der Waals surface area contributed by atoms with E-state index in [0.717, 1.165) is 31.0 Å². The predicted octanol–water partition coefficient (Wildman–Crippen LogP) is 2.32. The topological polar surface area (TPSA) is 130 Å². The van der Waals surface area contributed by atoms with Gasteiger partial charge >= 0.3 is 17.9 Å². The van der Waals surface area contributed by atoms with Crippen molar-refractivity contribution >= 4 is 23.8 Å². The number of hydrogen-bond donors (Lipinski definition) is 3. The summed E-state index contributed by atoms with van der Waals surface area (Å²) < 4.78 is 5.23. The summed E-state index contributed by atoms with van der Waals surface area (Å²) >= 11 is 0. The smallest absolute Gasteiger partial charge is 0.339 e. The van der Waals surface area contributed by atoms with Gasteiger partial charge in [0.25, 0.3) is 5.91 Å². The van der Waals surface area contributed by atoms with E-state index in [0.29, 0.717) is 19.4 Å². The molecule has 0 radical (unpaired) electrons. The number of amides is 1. The van der Waals surface area contributed by atoms with Gasteiger partial charge < -0.3 is 20.3 Å². The number of carboxylic acid groups (broad SMARTS) is 2. The molecule has 1 atom stereocenters. The molecule has 142 valence electrons. The van der Waals surface area contributed by atoms with Crippen LogP contribution in [0.1, 0.15) is 70.6 Å². The number of aromatic carboxylic acids is 2. The average molecular weight is 365 g/mol. The van der Waals surface area contributed by atoms with Crippen molar-refractivity contribution in [2.75, 3.05) is 6.54 Å². The first-order valence-electron chi connectivity index (χ1n) is 8.41. The van der Waals surface area contributed by atoms with Gasteiger partial charge in [0.2, 0.25) is 0 Å². The van der Waals surface area contributed by atoms with E-state index in [4.69, 9.17) is 9.84 Å². The highest BCUT2D eigenvalue weighted by atomic mass is 16.5. The Balaban J connectivity index is 3.06. The Labute approximate surface area is 151 Å². The molecule has 0 saturated heterocycles. The highest BCUT2D eigenvalue weighted by Crippen LogP contribution is 2.16. The number of rotatable bonds is 10. The number of carbonyl (C=O) groups excluding carboxylic acids is 2. The minimum Gasteiger partial charge on any atom is -0.478 e. The average Bonchev–Trinajstić information content (AvgIpc) is 2.62. The third kappa shape index (κ3) is 5.87. The summed E-state index contributed by atoms with van der Waals surface area (Å²) in [7, 11) is 0. The monoisotopic (exact) mass is 365 g/mol. The standard InChI is InChI=1S/C18H23NO7/c1-3-5-6-14(15(20)19-9-4-2)26-18(25)12-8-7-11(16(21)22)10-13(12)17(23)24/h7-8,10,14H,3-6,9H2,1-2H3,(H,19,20)(H,21,22)(H,23,24). The molecule has 1 aromatic rings. The maximum Gasteiger partial charge on any atom is 0.339 e. The van der Waals surface area contributed by atoms with Crippen molar-refractivity contribution < 1.29 is 34.1 Å². The second-order valence-electron chi connectivity index (χ2n) is 5.70. The maximum atomic E-state index is 12.4. The number of unbranched alkanes of at least 4 members (excludes halogenated alkanes) is 1. The number of esters is 1. The van der Waals surface area contributed by atoms with Crippen LogP contribution in [-0.4, -0.2) is 46.7 Å². The third-order valence-electron chi connectivity index (χ3n) is 3.63. The number of ether oxygens (including phenoxy) is 1. The van der Waals surface area contributed by atoms with Gasteiger partial charge in [0, 0.05) is 6.54 Å². The molecule has 0 aliphatic carbocycles. The fourth-order valence-corrected chi connectivity index (χ4v) is 2.22. The Morgan fingerprint density at radius 2 is 1.73 bits per heavy atom. The van der Waals surface area contributed by atoms with Crippen LogP contribution in [0.4, 0.5) is 0 Å². The highest BCUT2D eigenvalue weighted by Gasteiger charge is 2.26. The molecule has 0 heterocycles. The Bertz CT molecular complexity index is 684. The molecule has 8 nitrogen and oxygen atoms in total. The first-order valence-corrected chi connectivity index (χ1v) is 8.41. The fourth-order valence-electron chi connectivity index (χ4n) is 2.22. The third-order valence-corrected chi connectivity index (χ3v) is 3.63. The first kappa shape index (κ1) is 21.1. The molecular weight excluding hydrogens is 342 g/mol. The lowest BCUT2D eigenvalue weighted by molar-refractivity contribution is -0.130. The normalized spacial score (nSPS) is 11.5. The van der Waals surface area contributed by atoms with Crippen molar-refractivity contribution in [3.63, 3.8) is 0 Å². The van der Waals surface area contributed by atoms with Crippen molar-refractivity contribution in [1.82, 2.24) is 5.32 Å². The zero-order valence-electron chi connectivity index (χ0n) is 14.8. The van der Waals surface area contributed by atoms with Gasteiger partial charge in [-0.3, -0.25) is 4.79 Å². The molecule has 0 spiro atoms. The van der Waals surface area contributed by atoms with Crippen LogP contribution < -0.4 is 5.32 Å². The van der Waals surface area contributed by atoms with Crippen molar-refractivity contribution in [1.29, 1.82) is 0 Å². The molecule has 1 rings (SSSR count). The van der Waals surface area contributed by atoms with E-state index in [9.17, 15) is 24.3 Å². The van der Waals surface area contributed by atoms with E-state index in [1.165, 1.54) is 0 Å². The first-order chi connectivity index (χ1) is 12.3. The van der Waals surface area contributed by atoms with E-state index >= 15 is 0 Å². The van der Waals surface area contributed by atoms with Crippen molar-refractivity contribution in [2.45, 2.75) is 45.6 Å². The minimum atomic E-state index is -1.46. The largest absolute Gasteiger partial charge is 0.478 e. The van der Waals surface area contributed by atoms with Crippen LogP contribution in [0.2, 0.25) is 0 Å². The van der Waals surface area contributed by atoms with Gasteiger partial charge in [-0.25, -0.2) is 14.4 Å². The van der Waals surface area contributed by atoms with Crippen LogP contribution in [0.25, 0.3) is 0 Å². The molecule has 26 heavy (non-hydrogen) atoms. The Morgan fingerprint density at radius 3 is 2.27 bits per heavy atom. The SMILES string of the molecule is CCCCC(OC(=O)c1ccc(C(=O)O)cc1C(=O)O)C(=O)NCCC. The molecule has 1 amide bonds. The number of carbonyl (C=O) groups is 4. The summed E-state index contributed by atoms with van der Waals surface area (Å²) in [4.78, 5) is 46.9. The quantitative estimate of drug-likeness (QED) is 0.542. The molecule has 0 aliphatic heterocycles. The highest BCUT2D eigenvalue weighted by molar-refractivity contribution is 6.04. The maximum absolute atomic E-state index is 12.4. The van der Waals surface area contributed by atoms with Crippen LogP contribution in [0.3, 0.4) is 0 Å². The molecule has 0 bridgehead atoms. The summed E-state index contributed by atoms with van der Waals surface area (Å²) in [6.45, 7) is 4.25. The molecule has 0 aromatic heterocycles. The van der Waals surface area contributed by atoms with Gasteiger partial charge in [0.05, 0.1) is 16.7 Å². The summed E-state index contributed by atoms with van der Waals surface area (Å²) in [5.41, 5.74) is -1.05. The lowest BCUT2D eigenvalue weighted by atomic mass is 10.0. The van der Waals surface area contributed by atoms with Crippen molar-refractivity contribution in [3.05, 3.63) is 34.9 Å². The number of carboxylic acids is 2. The van der Waals surface area contributed by atoms with Crippen LogP contribution in [0.5, 0.6) is 0 Å². The molecule has 8 heteroatoms. The number of benzene rings is 1. The van der Waals surface area contributed by atoms with Crippen molar-refractivity contribution in [3.8, 4) is 0 Å². The molecule has 1 unspecified atom stereocenters. The van der Waals surface area contributed by atoms with Gasteiger partial charge in [-0.15, -0.1) is 0 Å². The summed E-state index contributed by atoms with van der Waals surface area (Å²) in [6, 6.07) is 3.08. The second-order valence-corrected chi connectivity index (χ2v) is 5.70. The van der Waals surface area contributed by atoms with Gasteiger partial charge in [-0.05, 0) is 37.5 Å². The molecule has 3 N–H and O–H groups in total. The summed E-state index contributed by atoms with van der Waals surface area (Å²) in [6.07, 6.45) is 1.45. The molecule has 0 fully saturated rings. The van der Waals surface area contributed by atoms with E-state index < -0.39 is 35.5 Å². The fraction of sp³-hybridized carbons (Fsp3) is 0.444. The van der Waals surface area contributed by atoms with E-state index in [2.05, 4.69) is 5.32 Å². The van der Waals surface area contributed by atoms with Gasteiger partial charge in [0.1, 0.15) is 0 Å².